The van der Waals surface area contributed by atoms with Gasteiger partial charge in [-0.15, -0.1) is 0 Å². The maximum Gasteiger partial charge on any atom is 0.343 e. The zero-order chi connectivity index (χ0) is 16.2. The van der Waals surface area contributed by atoms with Crippen LogP contribution in [0.3, 0.4) is 0 Å². The Hall–Kier alpha value is -3.32. The van der Waals surface area contributed by atoms with Crippen LogP contribution in [-0.4, -0.2) is 10.5 Å². The molecule has 4 nitrogen and oxygen atoms in total. The molecule has 4 heteroatoms. The van der Waals surface area contributed by atoms with Gasteiger partial charge in [-0.25, -0.2) is 4.79 Å². The van der Waals surface area contributed by atoms with Crippen molar-refractivity contribution in [2.24, 2.45) is 0 Å². The number of esters is 1. The minimum Gasteiger partial charge on any atom is -0.423 e. The molecule has 0 bridgehead atoms. The molecule has 0 aliphatic rings. The molecular weight excluding hydrogens is 288 g/mol. The molecule has 0 fully saturated rings. The van der Waals surface area contributed by atoms with Gasteiger partial charge in [0.1, 0.15) is 5.75 Å². The number of hydrogen-bond donors (Lipinski definition) is 0. The van der Waals surface area contributed by atoms with Crippen LogP contribution in [0.25, 0.3) is 5.69 Å². The van der Waals surface area contributed by atoms with Gasteiger partial charge in [-0.2, -0.15) is 5.26 Å². The van der Waals surface area contributed by atoms with E-state index in [0.717, 1.165) is 11.3 Å². The second kappa shape index (κ2) is 6.20. The summed E-state index contributed by atoms with van der Waals surface area (Å²) in [5, 5.41) is 8.78. The summed E-state index contributed by atoms with van der Waals surface area (Å²) in [6.45, 7) is 1.99. The van der Waals surface area contributed by atoms with E-state index in [9.17, 15) is 4.79 Å². The van der Waals surface area contributed by atoms with E-state index >= 15 is 0 Å². The summed E-state index contributed by atoms with van der Waals surface area (Å²) < 4.78 is 7.31. The van der Waals surface area contributed by atoms with Gasteiger partial charge in [-0.3, -0.25) is 0 Å². The highest BCUT2D eigenvalue weighted by molar-refractivity contribution is 5.91. The number of rotatable bonds is 3. The maximum atomic E-state index is 12.3. The number of nitriles is 1. The van der Waals surface area contributed by atoms with E-state index in [-0.39, 0.29) is 0 Å². The first-order chi connectivity index (χ1) is 11.2. The van der Waals surface area contributed by atoms with Crippen LogP contribution in [0.5, 0.6) is 5.75 Å². The van der Waals surface area contributed by atoms with Crippen molar-refractivity contribution in [1.29, 1.82) is 5.26 Å². The molecule has 0 amide bonds. The molecule has 3 aromatic rings. The second-order valence-corrected chi connectivity index (χ2v) is 5.12. The maximum absolute atomic E-state index is 12.3. The SMILES string of the molecule is Cc1ccc(C(=O)Oc2ccc(C#N)cc2)cc1-n1cccc1. The number of nitrogens with zero attached hydrogens (tertiary/aromatic N) is 2. The van der Waals surface area contributed by atoms with Crippen LogP contribution in [0.15, 0.2) is 67.0 Å². The van der Waals surface area contributed by atoms with E-state index in [2.05, 4.69) is 0 Å². The van der Waals surface area contributed by atoms with Gasteiger partial charge < -0.3 is 9.30 Å². The highest BCUT2D eigenvalue weighted by atomic mass is 16.5. The molecule has 0 unspecified atom stereocenters. The molecule has 112 valence electrons. The van der Waals surface area contributed by atoms with E-state index in [1.54, 1.807) is 36.4 Å². The summed E-state index contributed by atoms with van der Waals surface area (Å²) in [6.07, 6.45) is 3.86. The first kappa shape index (κ1) is 14.6. The van der Waals surface area contributed by atoms with Gasteiger partial charge in [0.15, 0.2) is 0 Å². The van der Waals surface area contributed by atoms with Gasteiger partial charge in [0.05, 0.1) is 17.2 Å². The summed E-state index contributed by atoms with van der Waals surface area (Å²) in [4.78, 5) is 12.3. The predicted molar refractivity (Wildman–Crippen MR) is 86.6 cm³/mol. The van der Waals surface area contributed by atoms with Crippen LogP contribution < -0.4 is 4.74 Å². The molecule has 0 N–H and O–H groups in total. The second-order valence-electron chi connectivity index (χ2n) is 5.12. The Bertz CT molecular complexity index is 873. The Balaban J connectivity index is 1.85. The first-order valence-corrected chi connectivity index (χ1v) is 7.14. The van der Waals surface area contributed by atoms with Crippen LogP contribution in [0.1, 0.15) is 21.5 Å². The van der Waals surface area contributed by atoms with Gasteiger partial charge in [0.25, 0.3) is 0 Å². The molecule has 0 radical (unpaired) electrons. The third-order valence-corrected chi connectivity index (χ3v) is 3.52. The van der Waals surface area contributed by atoms with Gasteiger partial charge >= 0.3 is 5.97 Å². The van der Waals surface area contributed by atoms with E-state index in [1.165, 1.54) is 0 Å². The number of carbonyl (C=O) groups is 1. The average molecular weight is 302 g/mol. The average Bonchev–Trinajstić information content (AvgIpc) is 3.10. The summed E-state index contributed by atoms with van der Waals surface area (Å²) in [5.74, 6) is -0.0137. The van der Waals surface area contributed by atoms with Crippen LogP contribution in [0.4, 0.5) is 0 Å². The monoisotopic (exact) mass is 302 g/mol. The number of carbonyl (C=O) groups excluding carboxylic acids is 1. The molecule has 3 rings (SSSR count). The van der Waals surface area contributed by atoms with Crippen molar-refractivity contribution in [3.05, 3.63) is 83.7 Å². The number of hydrogen-bond acceptors (Lipinski definition) is 3. The largest absolute Gasteiger partial charge is 0.423 e. The third kappa shape index (κ3) is 3.14. The number of ether oxygens (including phenoxy) is 1. The molecule has 0 spiro atoms. The Kier molecular flexibility index (Phi) is 3.94. The number of benzene rings is 2. The van der Waals surface area contributed by atoms with Crippen LogP contribution >= 0.6 is 0 Å². The van der Waals surface area contributed by atoms with Crippen molar-refractivity contribution in [1.82, 2.24) is 4.57 Å². The van der Waals surface area contributed by atoms with Crippen molar-refractivity contribution >= 4 is 5.97 Å². The lowest BCUT2D eigenvalue weighted by atomic mass is 10.1. The van der Waals surface area contributed by atoms with Gasteiger partial charge in [-0.05, 0) is 61.0 Å². The molecular formula is C19H14N2O2. The Labute approximate surface area is 134 Å². The van der Waals surface area contributed by atoms with Crippen molar-refractivity contribution in [3.8, 4) is 17.5 Å². The molecule has 0 atom stereocenters. The molecule has 23 heavy (non-hydrogen) atoms. The Morgan fingerprint density at radius 3 is 2.43 bits per heavy atom. The molecule has 0 aliphatic carbocycles. The third-order valence-electron chi connectivity index (χ3n) is 3.52. The van der Waals surface area contributed by atoms with Gasteiger partial charge in [0.2, 0.25) is 0 Å². The molecule has 0 saturated heterocycles. The van der Waals surface area contributed by atoms with E-state index < -0.39 is 5.97 Å². The van der Waals surface area contributed by atoms with Gasteiger partial charge in [0, 0.05) is 18.1 Å². The van der Waals surface area contributed by atoms with E-state index in [0.29, 0.717) is 16.9 Å². The zero-order valence-corrected chi connectivity index (χ0v) is 12.6. The fraction of sp³-hybridized carbons (Fsp3) is 0.0526. The lowest BCUT2D eigenvalue weighted by Crippen LogP contribution is -2.09. The molecule has 2 aromatic carbocycles. The van der Waals surface area contributed by atoms with Crippen LogP contribution in [0, 0.1) is 18.3 Å². The Morgan fingerprint density at radius 2 is 1.78 bits per heavy atom. The standard InChI is InChI=1S/C19H14N2O2/c1-14-4-7-16(12-18(14)21-10-2-3-11-21)19(22)23-17-8-5-15(13-20)6-9-17/h2-12H,1H3. The summed E-state index contributed by atoms with van der Waals surface area (Å²) >= 11 is 0. The summed E-state index contributed by atoms with van der Waals surface area (Å²) in [6, 6.07) is 17.8. The minimum absolute atomic E-state index is 0.414. The number of aryl methyl sites for hydroxylation is 1. The first-order valence-electron chi connectivity index (χ1n) is 7.14. The Morgan fingerprint density at radius 1 is 1.09 bits per heavy atom. The smallest absolute Gasteiger partial charge is 0.343 e. The normalized spacial score (nSPS) is 10.1. The topological polar surface area (TPSA) is 55.0 Å². The highest BCUT2D eigenvalue weighted by Gasteiger charge is 2.11. The van der Waals surface area contributed by atoms with Gasteiger partial charge in [-0.1, -0.05) is 6.07 Å². The van der Waals surface area contributed by atoms with E-state index in [1.807, 2.05) is 48.2 Å². The summed E-state index contributed by atoms with van der Waals surface area (Å²) in [5.41, 5.74) is 3.00. The molecule has 1 aromatic heterocycles. The predicted octanol–water partition coefficient (Wildman–Crippen LogP) is 3.88. The summed E-state index contributed by atoms with van der Waals surface area (Å²) in [7, 11) is 0. The lowest BCUT2D eigenvalue weighted by Gasteiger charge is -2.10. The highest BCUT2D eigenvalue weighted by Crippen LogP contribution is 2.19. The molecule has 0 saturated carbocycles. The van der Waals surface area contributed by atoms with Crippen molar-refractivity contribution in [2.75, 3.05) is 0 Å². The fourth-order valence-electron chi connectivity index (χ4n) is 2.27. The molecule has 0 aliphatic heterocycles. The van der Waals surface area contributed by atoms with Crippen LogP contribution in [0.2, 0.25) is 0 Å². The molecule has 1 heterocycles. The van der Waals surface area contributed by atoms with E-state index in [4.69, 9.17) is 10.00 Å². The minimum atomic E-state index is -0.428. The lowest BCUT2D eigenvalue weighted by molar-refractivity contribution is 0.0734. The van der Waals surface area contributed by atoms with Crippen molar-refractivity contribution < 1.29 is 9.53 Å². The van der Waals surface area contributed by atoms with Crippen molar-refractivity contribution in [2.45, 2.75) is 6.92 Å². The quantitative estimate of drug-likeness (QED) is 0.545. The fourth-order valence-corrected chi connectivity index (χ4v) is 2.27. The number of aromatic nitrogens is 1. The van der Waals surface area contributed by atoms with Crippen LogP contribution in [-0.2, 0) is 0 Å². The zero-order valence-electron chi connectivity index (χ0n) is 12.6. The van der Waals surface area contributed by atoms with Crippen molar-refractivity contribution in [3.63, 3.8) is 0 Å².